The summed E-state index contributed by atoms with van der Waals surface area (Å²) in [7, 11) is -1.62. The third kappa shape index (κ3) is 3.86. The Morgan fingerprint density at radius 1 is 1.00 bits per heavy atom. The van der Waals surface area contributed by atoms with E-state index in [4.69, 9.17) is 4.43 Å². The molecular formula is C12H25IOSi. The highest BCUT2D eigenvalue weighted by molar-refractivity contribution is 14.1. The molecule has 0 aromatic rings. The molecule has 0 rings (SSSR count). The van der Waals surface area contributed by atoms with Crippen LogP contribution in [0.4, 0.5) is 0 Å². The van der Waals surface area contributed by atoms with Crippen LogP contribution < -0.4 is 0 Å². The molecule has 0 spiro atoms. The van der Waals surface area contributed by atoms with Gasteiger partial charge in [-0.2, -0.15) is 0 Å². The quantitative estimate of drug-likeness (QED) is 0.481. The molecule has 0 aromatic carbocycles. The van der Waals surface area contributed by atoms with Gasteiger partial charge < -0.3 is 4.43 Å². The van der Waals surface area contributed by atoms with Crippen molar-refractivity contribution in [1.29, 1.82) is 0 Å². The summed E-state index contributed by atoms with van der Waals surface area (Å²) in [5.41, 5.74) is 2.04. The molecular weight excluding hydrogens is 315 g/mol. The molecule has 90 valence electrons. The molecule has 0 aliphatic carbocycles. The van der Waals surface area contributed by atoms with Gasteiger partial charge in [0.1, 0.15) is 0 Å². The maximum Gasteiger partial charge on any atom is 0.200 e. The predicted octanol–water partition coefficient (Wildman–Crippen LogP) is 5.13. The van der Waals surface area contributed by atoms with Crippen molar-refractivity contribution in [2.24, 2.45) is 0 Å². The Labute approximate surface area is 110 Å². The lowest BCUT2D eigenvalue weighted by Gasteiger charge is -2.41. The van der Waals surface area contributed by atoms with Crippen molar-refractivity contribution in [1.82, 2.24) is 0 Å². The predicted molar refractivity (Wildman–Crippen MR) is 80.2 cm³/mol. The molecule has 0 heterocycles. The molecule has 0 amide bonds. The van der Waals surface area contributed by atoms with Gasteiger partial charge in [-0.1, -0.05) is 70.2 Å². The van der Waals surface area contributed by atoms with Crippen LogP contribution in [-0.4, -0.2) is 14.9 Å². The second-order valence-corrected chi connectivity index (χ2v) is 11.2. The third-order valence-corrected chi connectivity index (χ3v) is 9.82. The van der Waals surface area contributed by atoms with Gasteiger partial charge in [0.15, 0.2) is 0 Å². The van der Waals surface area contributed by atoms with Crippen LogP contribution in [-0.2, 0) is 4.43 Å². The van der Waals surface area contributed by atoms with Crippen molar-refractivity contribution in [3.8, 4) is 0 Å². The molecule has 0 radical (unpaired) electrons. The van der Waals surface area contributed by atoms with E-state index in [1.54, 1.807) is 0 Å². The first-order valence-corrected chi connectivity index (χ1v) is 9.17. The van der Waals surface area contributed by atoms with E-state index >= 15 is 0 Å². The molecule has 3 heteroatoms. The lowest BCUT2D eigenvalue weighted by Crippen LogP contribution is -2.47. The van der Waals surface area contributed by atoms with Crippen molar-refractivity contribution < 1.29 is 4.43 Å². The van der Waals surface area contributed by atoms with Gasteiger partial charge in [0, 0.05) is 0 Å². The van der Waals surface area contributed by atoms with Gasteiger partial charge in [-0.15, -0.1) is 0 Å². The minimum absolute atomic E-state index is 0.681. The van der Waals surface area contributed by atoms with E-state index in [1.807, 2.05) is 4.08 Å². The minimum atomic E-state index is -1.62. The van der Waals surface area contributed by atoms with E-state index < -0.39 is 8.32 Å². The second-order valence-electron chi connectivity index (χ2n) is 4.99. The average molecular weight is 340 g/mol. The highest BCUT2D eigenvalue weighted by atomic mass is 127. The molecule has 1 nitrogen and oxygen atoms in total. The van der Waals surface area contributed by atoms with Gasteiger partial charge in [0.2, 0.25) is 8.32 Å². The molecule has 0 saturated carbocycles. The molecule has 0 aliphatic heterocycles. The van der Waals surface area contributed by atoms with Gasteiger partial charge in [0.25, 0.3) is 0 Å². The summed E-state index contributed by atoms with van der Waals surface area (Å²) in [6.07, 6.45) is 2.11. The molecule has 0 N–H and O–H groups in total. The Balaban J connectivity index is 4.80. The number of hydrogen-bond donors (Lipinski definition) is 0. The molecule has 0 aliphatic rings. The third-order valence-electron chi connectivity index (χ3n) is 3.23. The van der Waals surface area contributed by atoms with Crippen molar-refractivity contribution in [3.05, 3.63) is 10.2 Å². The number of rotatable bonds is 6. The van der Waals surface area contributed by atoms with Crippen LogP contribution in [0.1, 0.15) is 41.5 Å². The molecule has 15 heavy (non-hydrogen) atoms. The van der Waals surface area contributed by atoms with Crippen LogP contribution in [0.3, 0.4) is 0 Å². The average Bonchev–Trinajstić information content (AvgIpc) is 2.10. The first kappa shape index (κ1) is 15.6. The molecule has 0 fully saturated rings. The summed E-state index contributed by atoms with van der Waals surface area (Å²) in [5, 5.41) is 0. The Morgan fingerprint density at radius 2 is 1.40 bits per heavy atom. The van der Waals surface area contributed by atoms with Gasteiger partial charge in [-0.25, -0.2) is 0 Å². The molecule has 0 unspecified atom stereocenters. The Bertz CT molecular complexity index is 178. The van der Waals surface area contributed by atoms with Crippen molar-refractivity contribution in [2.45, 2.75) is 58.2 Å². The Hall–Kier alpha value is 0.647. The highest BCUT2D eigenvalue weighted by Crippen LogP contribution is 2.42. The number of halogens is 1. The van der Waals surface area contributed by atoms with Crippen LogP contribution >= 0.6 is 22.6 Å². The summed E-state index contributed by atoms with van der Waals surface area (Å²) >= 11 is 2.25. The summed E-state index contributed by atoms with van der Waals surface area (Å²) in [6, 6.07) is 0. The normalized spacial score (nSPS) is 13.7. The van der Waals surface area contributed by atoms with Crippen molar-refractivity contribution in [3.63, 3.8) is 0 Å². The summed E-state index contributed by atoms with van der Waals surface area (Å²) < 4.78 is 8.34. The van der Waals surface area contributed by atoms with Crippen LogP contribution in [0, 0.1) is 0 Å². The van der Waals surface area contributed by atoms with Crippen LogP contribution in [0.2, 0.25) is 16.6 Å². The first-order valence-electron chi connectivity index (χ1n) is 5.78. The highest BCUT2D eigenvalue weighted by Gasteiger charge is 2.44. The first-order chi connectivity index (χ1) is 6.89. The standard InChI is InChI=1S/C12H25IOSi/c1-10(2)15(11(3)4,12(5)6)14-9-7-8-13/h7-8,10-12H,9H2,1-6H3. The molecule has 0 bridgehead atoms. The second kappa shape index (κ2) is 7.07. The Kier molecular flexibility index (Phi) is 7.37. The fraction of sp³-hybridized carbons (Fsp3) is 0.833. The van der Waals surface area contributed by atoms with E-state index in [9.17, 15) is 0 Å². The minimum Gasteiger partial charge on any atom is -0.412 e. The summed E-state index contributed by atoms with van der Waals surface area (Å²) in [4.78, 5) is 0. The largest absolute Gasteiger partial charge is 0.412 e. The topological polar surface area (TPSA) is 9.23 Å². The zero-order valence-electron chi connectivity index (χ0n) is 10.9. The monoisotopic (exact) mass is 340 g/mol. The Morgan fingerprint density at radius 3 is 1.67 bits per heavy atom. The van der Waals surface area contributed by atoms with Gasteiger partial charge >= 0.3 is 0 Å². The van der Waals surface area contributed by atoms with Crippen molar-refractivity contribution in [2.75, 3.05) is 6.61 Å². The van der Waals surface area contributed by atoms with Crippen LogP contribution in [0.5, 0.6) is 0 Å². The lowest BCUT2D eigenvalue weighted by atomic mass is 10.5. The summed E-state index contributed by atoms with van der Waals surface area (Å²) in [5.74, 6) is 0. The van der Waals surface area contributed by atoms with Gasteiger partial charge in [0.05, 0.1) is 6.61 Å². The fourth-order valence-corrected chi connectivity index (χ4v) is 8.32. The zero-order chi connectivity index (χ0) is 12.1. The van der Waals surface area contributed by atoms with Crippen LogP contribution in [0.25, 0.3) is 0 Å². The SMILES string of the molecule is CC(C)[Si](OCC=CI)(C(C)C)C(C)C. The van der Waals surface area contributed by atoms with E-state index in [-0.39, 0.29) is 0 Å². The van der Waals surface area contributed by atoms with Gasteiger partial charge in [-0.3, -0.25) is 0 Å². The van der Waals surface area contributed by atoms with Crippen LogP contribution in [0.15, 0.2) is 10.2 Å². The zero-order valence-corrected chi connectivity index (χ0v) is 14.0. The smallest absolute Gasteiger partial charge is 0.200 e. The van der Waals surface area contributed by atoms with E-state index in [2.05, 4.69) is 70.2 Å². The van der Waals surface area contributed by atoms with E-state index in [1.165, 1.54) is 0 Å². The van der Waals surface area contributed by atoms with E-state index in [0.717, 1.165) is 6.61 Å². The molecule has 0 aromatic heterocycles. The van der Waals surface area contributed by atoms with E-state index in [0.29, 0.717) is 16.6 Å². The summed E-state index contributed by atoms with van der Waals surface area (Å²) in [6.45, 7) is 14.7. The number of hydrogen-bond acceptors (Lipinski definition) is 1. The van der Waals surface area contributed by atoms with Crippen molar-refractivity contribution >= 4 is 30.9 Å². The van der Waals surface area contributed by atoms with Gasteiger partial charge in [-0.05, 0) is 20.7 Å². The maximum absolute atomic E-state index is 6.30. The molecule has 0 atom stereocenters. The lowest BCUT2D eigenvalue weighted by molar-refractivity contribution is 0.316. The maximum atomic E-state index is 6.30. The fourth-order valence-electron chi connectivity index (χ4n) is 2.73. The molecule has 0 saturated heterocycles.